The lowest BCUT2D eigenvalue weighted by molar-refractivity contribution is -0.133. The Morgan fingerprint density at radius 1 is 1.67 bits per heavy atom. The van der Waals surface area contributed by atoms with E-state index >= 15 is 0 Å². The molecule has 1 saturated heterocycles. The molecule has 0 atom stereocenters. The minimum atomic E-state index is 0.182. The largest absolute Gasteiger partial charge is 0.340 e. The van der Waals surface area contributed by atoms with E-state index < -0.39 is 0 Å². The number of nitrogens with zero attached hydrogens (tertiary/aromatic N) is 1. The predicted molar refractivity (Wildman–Crippen MR) is 35.1 cm³/mol. The summed E-state index contributed by atoms with van der Waals surface area (Å²) in [7, 11) is 1.92. The maximum absolute atomic E-state index is 10.6. The summed E-state index contributed by atoms with van der Waals surface area (Å²) in [6, 6.07) is 0.536. The minimum absolute atomic E-state index is 0.182. The molecule has 9 heavy (non-hydrogen) atoms. The molecule has 1 amide bonds. The Morgan fingerprint density at radius 2 is 2.22 bits per heavy atom. The van der Waals surface area contributed by atoms with Crippen molar-refractivity contribution >= 4 is 5.91 Å². The molecule has 0 saturated carbocycles. The summed E-state index contributed by atoms with van der Waals surface area (Å²) in [5, 5.41) is 3.09. The molecule has 0 aliphatic carbocycles. The fraction of sp³-hybridized carbons (Fsp3) is 0.833. The van der Waals surface area contributed by atoms with Crippen molar-refractivity contribution < 1.29 is 4.79 Å². The highest BCUT2D eigenvalue weighted by molar-refractivity contribution is 5.74. The lowest BCUT2D eigenvalue weighted by Gasteiger charge is -2.38. The molecule has 0 aromatic rings. The molecule has 1 rings (SSSR count). The highest BCUT2D eigenvalue weighted by Gasteiger charge is 2.26. The fourth-order valence-electron chi connectivity index (χ4n) is 0.918. The van der Waals surface area contributed by atoms with Crippen molar-refractivity contribution in [1.82, 2.24) is 10.2 Å². The molecule has 0 aromatic carbocycles. The number of carbonyl (C=O) groups excluding carboxylic acids is 1. The van der Waals surface area contributed by atoms with E-state index in [1.807, 2.05) is 11.9 Å². The molecule has 1 heterocycles. The Hall–Kier alpha value is -0.570. The second-order valence-corrected chi connectivity index (χ2v) is 2.41. The van der Waals surface area contributed by atoms with Crippen LogP contribution in [0.1, 0.15) is 6.92 Å². The first kappa shape index (κ1) is 6.55. The van der Waals surface area contributed by atoms with Crippen molar-refractivity contribution in [2.45, 2.75) is 13.0 Å². The van der Waals surface area contributed by atoms with Crippen molar-refractivity contribution in [2.24, 2.45) is 0 Å². The van der Waals surface area contributed by atoms with Crippen molar-refractivity contribution in [3.63, 3.8) is 0 Å². The zero-order valence-corrected chi connectivity index (χ0v) is 5.85. The van der Waals surface area contributed by atoms with Gasteiger partial charge in [-0.25, -0.2) is 0 Å². The molecule has 1 aliphatic heterocycles. The molecule has 0 aromatic heterocycles. The number of hydrogen-bond acceptors (Lipinski definition) is 2. The monoisotopic (exact) mass is 128 g/mol. The van der Waals surface area contributed by atoms with E-state index in [-0.39, 0.29) is 5.91 Å². The highest BCUT2D eigenvalue weighted by atomic mass is 16.2. The molecule has 0 unspecified atom stereocenters. The molecular weight excluding hydrogens is 116 g/mol. The first-order chi connectivity index (χ1) is 4.24. The molecule has 1 fully saturated rings. The fourth-order valence-corrected chi connectivity index (χ4v) is 0.918. The third-order valence-electron chi connectivity index (χ3n) is 1.74. The van der Waals surface area contributed by atoms with Crippen LogP contribution in [0.5, 0.6) is 0 Å². The molecule has 0 spiro atoms. The maximum Gasteiger partial charge on any atom is 0.219 e. The maximum atomic E-state index is 10.6. The van der Waals surface area contributed by atoms with Gasteiger partial charge in [0, 0.05) is 26.1 Å². The number of likely N-dealkylation sites (tertiary alicyclic amines) is 1. The van der Waals surface area contributed by atoms with Crippen LogP contribution in [-0.2, 0) is 4.79 Å². The SMILES string of the molecule is CNC1CN(C(C)=O)C1. The van der Waals surface area contributed by atoms with Crippen molar-refractivity contribution in [1.29, 1.82) is 0 Å². The van der Waals surface area contributed by atoms with E-state index in [4.69, 9.17) is 0 Å². The minimum Gasteiger partial charge on any atom is -0.340 e. The van der Waals surface area contributed by atoms with Gasteiger partial charge in [-0.05, 0) is 7.05 Å². The average molecular weight is 128 g/mol. The van der Waals surface area contributed by atoms with Crippen molar-refractivity contribution in [3.05, 3.63) is 0 Å². The molecule has 3 heteroatoms. The van der Waals surface area contributed by atoms with Crippen molar-refractivity contribution in [2.75, 3.05) is 20.1 Å². The number of amides is 1. The van der Waals surface area contributed by atoms with Crippen molar-refractivity contribution in [3.8, 4) is 0 Å². The Labute approximate surface area is 55.0 Å². The second kappa shape index (κ2) is 2.35. The smallest absolute Gasteiger partial charge is 0.219 e. The Balaban J connectivity index is 2.19. The van der Waals surface area contributed by atoms with E-state index in [0.29, 0.717) is 6.04 Å². The van der Waals surface area contributed by atoms with Gasteiger partial charge in [0.05, 0.1) is 0 Å². The summed E-state index contributed by atoms with van der Waals surface area (Å²) >= 11 is 0. The Bertz CT molecular complexity index is 118. The first-order valence-electron chi connectivity index (χ1n) is 3.17. The van der Waals surface area contributed by atoms with Gasteiger partial charge in [-0.1, -0.05) is 0 Å². The lowest BCUT2D eigenvalue weighted by atomic mass is 10.1. The molecule has 0 radical (unpaired) electrons. The van der Waals surface area contributed by atoms with Crippen LogP contribution in [0.15, 0.2) is 0 Å². The average Bonchev–Trinajstić information content (AvgIpc) is 1.61. The molecule has 1 N–H and O–H groups in total. The molecule has 0 bridgehead atoms. The van der Waals surface area contributed by atoms with Gasteiger partial charge >= 0.3 is 0 Å². The highest BCUT2D eigenvalue weighted by Crippen LogP contribution is 2.05. The van der Waals surface area contributed by atoms with E-state index in [0.717, 1.165) is 13.1 Å². The third kappa shape index (κ3) is 1.21. The molecule has 3 nitrogen and oxygen atoms in total. The van der Waals surface area contributed by atoms with Gasteiger partial charge < -0.3 is 10.2 Å². The summed E-state index contributed by atoms with van der Waals surface area (Å²) in [5.41, 5.74) is 0. The second-order valence-electron chi connectivity index (χ2n) is 2.41. The summed E-state index contributed by atoms with van der Waals surface area (Å²) in [6.07, 6.45) is 0. The van der Waals surface area contributed by atoms with Gasteiger partial charge in [-0.3, -0.25) is 4.79 Å². The predicted octanol–water partition coefficient (Wildman–Crippen LogP) is -0.563. The molecule has 52 valence electrons. The standard InChI is InChI=1S/C6H12N2O/c1-5(9)8-3-6(4-8)7-2/h6-7H,3-4H2,1-2H3. The van der Waals surface area contributed by atoms with Crippen LogP contribution in [0.3, 0.4) is 0 Å². The van der Waals surface area contributed by atoms with E-state index in [1.165, 1.54) is 0 Å². The van der Waals surface area contributed by atoms with Gasteiger partial charge in [-0.2, -0.15) is 0 Å². The van der Waals surface area contributed by atoms with Gasteiger partial charge in [0.25, 0.3) is 0 Å². The van der Waals surface area contributed by atoms with Gasteiger partial charge in [0.15, 0.2) is 0 Å². The van der Waals surface area contributed by atoms with Gasteiger partial charge in [0.2, 0.25) is 5.91 Å². The van der Waals surface area contributed by atoms with E-state index in [2.05, 4.69) is 5.32 Å². The number of carbonyl (C=O) groups is 1. The van der Waals surface area contributed by atoms with E-state index in [1.54, 1.807) is 6.92 Å². The summed E-state index contributed by atoms with van der Waals surface area (Å²) < 4.78 is 0. The summed E-state index contributed by atoms with van der Waals surface area (Å²) in [4.78, 5) is 12.4. The van der Waals surface area contributed by atoms with Gasteiger partial charge in [0.1, 0.15) is 0 Å². The zero-order valence-electron chi connectivity index (χ0n) is 5.85. The zero-order chi connectivity index (χ0) is 6.85. The van der Waals surface area contributed by atoms with Crippen LogP contribution < -0.4 is 5.32 Å². The van der Waals surface area contributed by atoms with E-state index in [9.17, 15) is 4.79 Å². The Kier molecular flexibility index (Phi) is 1.71. The Morgan fingerprint density at radius 3 is 2.56 bits per heavy atom. The van der Waals surface area contributed by atoms with Crippen LogP contribution >= 0.6 is 0 Å². The quantitative estimate of drug-likeness (QED) is 0.513. The normalized spacial score (nSPS) is 19.6. The topological polar surface area (TPSA) is 32.3 Å². The number of rotatable bonds is 1. The number of hydrogen-bond donors (Lipinski definition) is 1. The third-order valence-corrected chi connectivity index (χ3v) is 1.74. The molecule has 1 aliphatic rings. The van der Waals surface area contributed by atoms with Crippen LogP contribution in [-0.4, -0.2) is 37.0 Å². The summed E-state index contributed by atoms with van der Waals surface area (Å²) in [6.45, 7) is 3.36. The van der Waals surface area contributed by atoms with Gasteiger partial charge in [-0.15, -0.1) is 0 Å². The van der Waals surface area contributed by atoms with Crippen LogP contribution in [0.4, 0.5) is 0 Å². The molecular formula is C6H12N2O. The van der Waals surface area contributed by atoms with Crippen LogP contribution in [0, 0.1) is 0 Å². The number of likely N-dealkylation sites (N-methyl/N-ethyl adjacent to an activating group) is 1. The van der Waals surface area contributed by atoms with Crippen LogP contribution in [0.25, 0.3) is 0 Å². The lowest BCUT2D eigenvalue weighted by Crippen LogP contribution is -2.58. The number of nitrogens with one attached hydrogen (secondary N) is 1. The summed E-state index contributed by atoms with van der Waals surface area (Å²) in [5.74, 6) is 0.182. The van der Waals surface area contributed by atoms with Crippen LogP contribution in [0.2, 0.25) is 0 Å². The first-order valence-corrected chi connectivity index (χ1v) is 3.17.